The van der Waals surface area contributed by atoms with Crippen molar-refractivity contribution in [2.75, 3.05) is 24.7 Å². The van der Waals surface area contributed by atoms with E-state index in [1.807, 2.05) is 6.07 Å². The predicted molar refractivity (Wildman–Crippen MR) is 109 cm³/mol. The number of aromatic nitrogens is 1. The molecule has 1 aromatic carbocycles. The van der Waals surface area contributed by atoms with E-state index in [1.54, 1.807) is 25.1 Å². The molecule has 10 heteroatoms. The molecule has 0 spiro atoms. The number of nitriles is 1. The Hall–Kier alpha value is -3.32. The van der Waals surface area contributed by atoms with Gasteiger partial charge in [0.05, 0.1) is 28.8 Å². The van der Waals surface area contributed by atoms with Gasteiger partial charge in [0.15, 0.2) is 21.3 Å². The highest BCUT2D eigenvalue weighted by molar-refractivity contribution is 7.91. The second-order valence-corrected chi connectivity index (χ2v) is 9.40. The number of sulfone groups is 1. The smallest absolute Gasteiger partial charge is 0.271 e. The van der Waals surface area contributed by atoms with Crippen molar-refractivity contribution in [3.8, 4) is 23.4 Å². The third-order valence-corrected chi connectivity index (χ3v) is 6.98. The summed E-state index contributed by atoms with van der Waals surface area (Å²) >= 11 is 0. The summed E-state index contributed by atoms with van der Waals surface area (Å²) in [6, 6.07) is 6.25. The van der Waals surface area contributed by atoms with Crippen molar-refractivity contribution < 1.29 is 23.0 Å². The molecule has 0 aliphatic carbocycles. The monoisotopic (exact) mass is 429 g/mol. The third-order valence-electron chi connectivity index (χ3n) is 5.23. The van der Waals surface area contributed by atoms with Crippen molar-refractivity contribution >= 4 is 21.7 Å². The van der Waals surface area contributed by atoms with E-state index in [2.05, 4.69) is 4.99 Å². The van der Waals surface area contributed by atoms with Gasteiger partial charge in [0.25, 0.3) is 5.56 Å². The maximum absolute atomic E-state index is 12.7. The van der Waals surface area contributed by atoms with Crippen LogP contribution in [-0.4, -0.2) is 49.0 Å². The molecule has 0 amide bonds. The standard InChI is InChI=1S/C20H19N3O6S/c1-12-15(9-21)19(24)23(14-4-7-30(26,27)11-14)20(25)16(12)10-22-13-2-3-17-18(8-13)29-6-5-28-17/h2-3,8,10,14,25H,4-7,11H2,1H3/t14-/m0/s1. The number of aromatic hydroxyl groups is 1. The van der Waals surface area contributed by atoms with Crippen LogP contribution >= 0.6 is 0 Å². The van der Waals surface area contributed by atoms with Crippen LogP contribution in [0.5, 0.6) is 17.4 Å². The summed E-state index contributed by atoms with van der Waals surface area (Å²) in [4.78, 5) is 17.1. The lowest BCUT2D eigenvalue weighted by molar-refractivity contribution is 0.171. The summed E-state index contributed by atoms with van der Waals surface area (Å²) in [6.45, 7) is 2.44. The predicted octanol–water partition coefficient (Wildman–Crippen LogP) is 1.62. The summed E-state index contributed by atoms with van der Waals surface area (Å²) in [5.41, 5.74) is 0.133. The first kappa shape index (κ1) is 20.0. The van der Waals surface area contributed by atoms with E-state index in [1.165, 1.54) is 6.21 Å². The summed E-state index contributed by atoms with van der Waals surface area (Å²) in [5.74, 6) is 0.435. The normalized spacial score (nSPS) is 19.7. The molecule has 0 saturated carbocycles. The van der Waals surface area contributed by atoms with Gasteiger partial charge in [0, 0.05) is 12.3 Å². The third kappa shape index (κ3) is 3.52. The molecule has 2 aromatic rings. The van der Waals surface area contributed by atoms with Crippen molar-refractivity contribution in [3.63, 3.8) is 0 Å². The summed E-state index contributed by atoms with van der Waals surface area (Å²) < 4.78 is 35.7. The SMILES string of the molecule is Cc1c(C=Nc2ccc3c(c2)OCCO3)c(O)n([C@H]2CCS(=O)(=O)C2)c(=O)c1C#N. The number of pyridine rings is 1. The van der Waals surface area contributed by atoms with E-state index in [0.29, 0.717) is 30.4 Å². The number of benzene rings is 1. The molecule has 9 nitrogen and oxygen atoms in total. The van der Waals surface area contributed by atoms with Crippen LogP contribution in [0.15, 0.2) is 28.0 Å². The topological polar surface area (TPSA) is 131 Å². The lowest BCUT2D eigenvalue weighted by atomic mass is 10.0. The van der Waals surface area contributed by atoms with Crippen LogP contribution in [0.4, 0.5) is 5.69 Å². The first-order valence-corrected chi connectivity index (χ1v) is 11.1. The molecular weight excluding hydrogens is 410 g/mol. The molecule has 1 aromatic heterocycles. The van der Waals surface area contributed by atoms with Gasteiger partial charge in [-0.05, 0) is 31.0 Å². The fourth-order valence-electron chi connectivity index (χ4n) is 3.66. The highest BCUT2D eigenvalue weighted by atomic mass is 32.2. The second kappa shape index (κ2) is 7.50. The molecule has 30 heavy (non-hydrogen) atoms. The molecule has 1 atom stereocenters. The van der Waals surface area contributed by atoms with Crippen LogP contribution < -0.4 is 15.0 Å². The number of rotatable bonds is 3. The Bertz CT molecular complexity index is 1260. The summed E-state index contributed by atoms with van der Waals surface area (Å²) in [5, 5.41) is 20.3. The lowest BCUT2D eigenvalue weighted by Gasteiger charge is -2.19. The molecule has 1 fully saturated rings. The van der Waals surface area contributed by atoms with Crippen LogP contribution in [0.3, 0.4) is 0 Å². The number of ether oxygens (including phenoxy) is 2. The van der Waals surface area contributed by atoms with Gasteiger partial charge in [-0.3, -0.25) is 14.4 Å². The van der Waals surface area contributed by atoms with Gasteiger partial charge in [-0.1, -0.05) is 0 Å². The van der Waals surface area contributed by atoms with Gasteiger partial charge in [0.2, 0.25) is 5.88 Å². The second-order valence-electron chi connectivity index (χ2n) is 7.17. The van der Waals surface area contributed by atoms with Crippen LogP contribution in [-0.2, 0) is 9.84 Å². The molecule has 1 N–H and O–H groups in total. The van der Waals surface area contributed by atoms with Crippen LogP contribution in [0.2, 0.25) is 0 Å². The van der Waals surface area contributed by atoms with Crippen molar-refractivity contribution in [1.82, 2.24) is 4.57 Å². The van der Waals surface area contributed by atoms with Gasteiger partial charge in [-0.15, -0.1) is 0 Å². The van der Waals surface area contributed by atoms with Crippen molar-refractivity contribution in [2.45, 2.75) is 19.4 Å². The zero-order valence-electron chi connectivity index (χ0n) is 16.2. The van der Waals surface area contributed by atoms with Crippen LogP contribution in [0.25, 0.3) is 0 Å². The van der Waals surface area contributed by atoms with Crippen LogP contribution in [0, 0.1) is 18.3 Å². The lowest BCUT2D eigenvalue weighted by Crippen LogP contribution is -2.29. The number of hydrogen-bond donors (Lipinski definition) is 1. The van der Waals surface area contributed by atoms with Crippen molar-refractivity contribution in [2.24, 2.45) is 4.99 Å². The van der Waals surface area contributed by atoms with Gasteiger partial charge >= 0.3 is 0 Å². The number of fused-ring (bicyclic) bond motifs is 1. The van der Waals surface area contributed by atoms with Crippen molar-refractivity contribution in [3.05, 3.63) is 45.2 Å². The largest absolute Gasteiger partial charge is 0.494 e. The zero-order chi connectivity index (χ0) is 21.5. The molecule has 0 unspecified atom stereocenters. The average Bonchev–Trinajstić information content (AvgIpc) is 3.07. The number of aliphatic imine (C=N–C) groups is 1. The minimum absolute atomic E-state index is 0.0695. The number of nitrogens with zero attached hydrogens (tertiary/aromatic N) is 3. The van der Waals surface area contributed by atoms with Gasteiger partial charge in [-0.25, -0.2) is 8.42 Å². The zero-order valence-corrected chi connectivity index (χ0v) is 17.0. The summed E-state index contributed by atoms with van der Waals surface area (Å²) in [6.07, 6.45) is 1.55. The molecule has 0 radical (unpaired) electrons. The van der Waals surface area contributed by atoms with E-state index in [-0.39, 0.29) is 34.6 Å². The van der Waals surface area contributed by atoms with Crippen LogP contribution in [0.1, 0.15) is 29.2 Å². The molecule has 2 aliphatic heterocycles. The van der Waals surface area contributed by atoms with E-state index in [9.17, 15) is 23.6 Å². The highest BCUT2D eigenvalue weighted by Crippen LogP contribution is 2.34. The van der Waals surface area contributed by atoms with Gasteiger partial charge in [0.1, 0.15) is 24.8 Å². The van der Waals surface area contributed by atoms with Gasteiger partial charge in [-0.2, -0.15) is 5.26 Å². The maximum atomic E-state index is 12.7. The van der Waals surface area contributed by atoms with E-state index in [4.69, 9.17) is 9.47 Å². The Labute approximate surface area is 172 Å². The van der Waals surface area contributed by atoms with Crippen molar-refractivity contribution in [1.29, 1.82) is 5.26 Å². The quantitative estimate of drug-likeness (QED) is 0.734. The molecule has 3 heterocycles. The van der Waals surface area contributed by atoms with E-state index in [0.717, 1.165) is 4.57 Å². The van der Waals surface area contributed by atoms with Gasteiger partial charge < -0.3 is 14.6 Å². The Morgan fingerprint density at radius 1 is 1.30 bits per heavy atom. The Balaban J connectivity index is 1.78. The minimum Gasteiger partial charge on any atom is -0.494 e. The average molecular weight is 429 g/mol. The molecule has 4 rings (SSSR count). The number of hydrogen-bond acceptors (Lipinski definition) is 8. The highest BCUT2D eigenvalue weighted by Gasteiger charge is 2.33. The first-order chi connectivity index (χ1) is 14.3. The molecular formula is C20H19N3O6S. The minimum atomic E-state index is -3.30. The molecule has 0 bridgehead atoms. The Morgan fingerprint density at radius 3 is 2.70 bits per heavy atom. The maximum Gasteiger partial charge on any atom is 0.271 e. The fourth-order valence-corrected chi connectivity index (χ4v) is 5.36. The Morgan fingerprint density at radius 2 is 2.03 bits per heavy atom. The summed E-state index contributed by atoms with van der Waals surface area (Å²) in [7, 11) is -3.30. The molecule has 1 saturated heterocycles. The fraction of sp³-hybridized carbons (Fsp3) is 0.350. The Kier molecular flexibility index (Phi) is 4.99. The molecule has 2 aliphatic rings. The van der Waals surface area contributed by atoms with E-state index < -0.39 is 27.3 Å². The van der Waals surface area contributed by atoms with E-state index >= 15 is 0 Å². The first-order valence-electron chi connectivity index (χ1n) is 9.33. The molecule has 156 valence electrons.